The quantitative estimate of drug-likeness (QED) is 0.772. The Morgan fingerprint density at radius 3 is 2.90 bits per heavy atom. The third-order valence-corrected chi connectivity index (χ3v) is 3.62. The summed E-state index contributed by atoms with van der Waals surface area (Å²) < 4.78 is 0. The van der Waals surface area contributed by atoms with E-state index in [1.807, 2.05) is 30.3 Å². The molecule has 2 N–H and O–H groups in total. The lowest BCUT2D eigenvalue weighted by Gasteiger charge is -2.03. The Labute approximate surface area is 118 Å². The second-order valence-electron chi connectivity index (χ2n) is 4.03. The molecule has 6 nitrogen and oxygen atoms in total. The first-order valence-corrected chi connectivity index (χ1v) is 6.75. The summed E-state index contributed by atoms with van der Waals surface area (Å²) in [5, 5.41) is 15.1. The number of amides is 1. The number of pyridine rings is 1. The summed E-state index contributed by atoms with van der Waals surface area (Å²) in [6.07, 6.45) is 1.63. The average molecular weight is 285 g/mol. The van der Waals surface area contributed by atoms with Gasteiger partial charge in [-0.2, -0.15) is 0 Å². The van der Waals surface area contributed by atoms with Crippen molar-refractivity contribution in [3.05, 3.63) is 41.5 Å². The van der Waals surface area contributed by atoms with Crippen LogP contribution in [0, 0.1) is 0 Å². The van der Waals surface area contributed by atoms with Crippen molar-refractivity contribution in [2.24, 2.45) is 0 Å². The van der Waals surface area contributed by atoms with Crippen molar-refractivity contribution in [2.75, 3.05) is 17.7 Å². The van der Waals surface area contributed by atoms with Crippen LogP contribution in [0.3, 0.4) is 0 Å². The summed E-state index contributed by atoms with van der Waals surface area (Å²) >= 11 is 1.20. The number of fused-ring (bicyclic) bond motifs is 1. The number of rotatable bonds is 3. The Morgan fingerprint density at radius 2 is 2.10 bits per heavy atom. The zero-order valence-electron chi connectivity index (χ0n) is 10.6. The Kier molecular flexibility index (Phi) is 3.26. The first kappa shape index (κ1) is 12.5. The molecule has 1 aromatic carbocycles. The van der Waals surface area contributed by atoms with E-state index in [4.69, 9.17) is 0 Å². The molecule has 0 bridgehead atoms. The Morgan fingerprint density at radius 1 is 1.25 bits per heavy atom. The topological polar surface area (TPSA) is 79.8 Å². The number of hydrogen-bond donors (Lipinski definition) is 2. The van der Waals surface area contributed by atoms with Crippen LogP contribution >= 0.6 is 11.3 Å². The number of anilines is 2. The molecular weight excluding hydrogens is 274 g/mol. The van der Waals surface area contributed by atoms with Gasteiger partial charge in [0.25, 0.3) is 5.91 Å². The lowest BCUT2D eigenvalue weighted by Crippen LogP contribution is -2.11. The summed E-state index contributed by atoms with van der Waals surface area (Å²) in [7, 11) is 1.73. The highest BCUT2D eigenvalue weighted by Crippen LogP contribution is 2.19. The molecule has 0 saturated carbocycles. The molecule has 2 heterocycles. The number of para-hydroxylation sites is 1. The monoisotopic (exact) mass is 285 g/mol. The van der Waals surface area contributed by atoms with Gasteiger partial charge >= 0.3 is 0 Å². The van der Waals surface area contributed by atoms with Gasteiger partial charge < -0.3 is 10.6 Å². The van der Waals surface area contributed by atoms with Gasteiger partial charge in [-0.3, -0.25) is 9.78 Å². The van der Waals surface area contributed by atoms with Crippen molar-refractivity contribution in [2.45, 2.75) is 0 Å². The van der Waals surface area contributed by atoms with Crippen molar-refractivity contribution >= 4 is 39.0 Å². The number of carbonyl (C=O) groups excluding carboxylic acids is 1. The summed E-state index contributed by atoms with van der Waals surface area (Å²) in [6, 6.07) is 9.60. The lowest BCUT2D eigenvalue weighted by molar-refractivity contribution is 0.102. The van der Waals surface area contributed by atoms with Gasteiger partial charge in [-0.15, -0.1) is 10.2 Å². The predicted molar refractivity (Wildman–Crippen MR) is 79.2 cm³/mol. The number of aromatic nitrogens is 3. The third-order valence-electron chi connectivity index (χ3n) is 2.68. The largest absolute Gasteiger partial charge is 0.363 e. The van der Waals surface area contributed by atoms with Crippen LogP contribution in [0.2, 0.25) is 0 Å². The normalized spacial score (nSPS) is 10.4. The minimum atomic E-state index is -0.291. The number of carbonyl (C=O) groups is 1. The first-order valence-electron chi connectivity index (χ1n) is 5.93. The van der Waals surface area contributed by atoms with Crippen LogP contribution in [0.1, 0.15) is 9.80 Å². The maximum atomic E-state index is 12.0. The molecule has 0 aliphatic carbocycles. The summed E-state index contributed by atoms with van der Waals surface area (Å²) in [4.78, 5) is 16.3. The molecule has 1 amide bonds. The highest BCUT2D eigenvalue weighted by atomic mass is 32.1. The molecule has 7 heteroatoms. The van der Waals surface area contributed by atoms with Gasteiger partial charge in [0.05, 0.1) is 17.4 Å². The van der Waals surface area contributed by atoms with E-state index in [9.17, 15) is 4.79 Å². The molecule has 100 valence electrons. The van der Waals surface area contributed by atoms with E-state index in [0.29, 0.717) is 15.8 Å². The number of hydrogen-bond acceptors (Lipinski definition) is 6. The van der Waals surface area contributed by atoms with E-state index in [1.54, 1.807) is 13.2 Å². The van der Waals surface area contributed by atoms with Crippen LogP contribution in [-0.2, 0) is 0 Å². The van der Waals surface area contributed by atoms with Gasteiger partial charge in [-0.25, -0.2) is 0 Å². The number of nitrogens with one attached hydrogen (secondary N) is 2. The SMILES string of the molecule is CNc1nnc(C(=O)Nc2cnc3ccccc3c2)s1. The van der Waals surface area contributed by atoms with Crippen molar-refractivity contribution in [1.29, 1.82) is 0 Å². The molecule has 0 fully saturated rings. The fourth-order valence-electron chi connectivity index (χ4n) is 1.74. The molecule has 3 rings (SSSR count). The maximum Gasteiger partial charge on any atom is 0.286 e. The third kappa shape index (κ3) is 2.43. The maximum absolute atomic E-state index is 12.0. The standard InChI is InChI=1S/C13H11N5OS/c1-14-13-18-17-12(20-13)11(19)16-9-6-8-4-2-3-5-10(8)15-7-9/h2-7H,1H3,(H,14,18)(H,16,19). The van der Waals surface area contributed by atoms with Gasteiger partial charge in [0.1, 0.15) is 0 Å². The average Bonchev–Trinajstić information content (AvgIpc) is 2.96. The minimum absolute atomic E-state index is 0.291. The van der Waals surface area contributed by atoms with E-state index in [0.717, 1.165) is 10.9 Å². The van der Waals surface area contributed by atoms with Crippen molar-refractivity contribution in [1.82, 2.24) is 15.2 Å². The minimum Gasteiger partial charge on any atom is -0.363 e. The second kappa shape index (κ2) is 5.22. The summed E-state index contributed by atoms with van der Waals surface area (Å²) in [5.41, 5.74) is 1.52. The van der Waals surface area contributed by atoms with E-state index >= 15 is 0 Å². The van der Waals surface area contributed by atoms with Crippen LogP contribution in [0.4, 0.5) is 10.8 Å². The van der Waals surface area contributed by atoms with Crippen molar-refractivity contribution in [3.63, 3.8) is 0 Å². The Balaban J connectivity index is 1.83. The first-order chi connectivity index (χ1) is 9.76. The molecule has 0 aliphatic heterocycles. The molecule has 0 spiro atoms. The van der Waals surface area contributed by atoms with Gasteiger partial charge in [0.15, 0.2) is 0 Å². The van der Waals surface area contributed by atoms with E-state index in [2.05, 4.69) is 25.8 Å². The predicted octanol–water partition coefficient (Wildman–Crippen LogP) is 2.38. The van der Waals surface area contributed by atoms with E-state index in [1.165, 1.54) is 11.3 Å². The Hall–Kier alpha value is -2.54. The number of benzene rings is 1. The molecule has 20 heavy (non-hydrogen) atoms. The molecule has 0 unspecified atom stereocenters. The van der Waals surface area contributed by atoms with Crippen molar-refractivity contribution < 1.29 is 4.79 Å². The molecular formula is C13H11N5OS. The summed E-state index contributed by atoms with van der Waals surface area (Å²) in [6.45, 7) is 0. The van der Waals surface area contributed by atoms with Crippen LogP contribution < -0.4 is 10.6 Å². The zero-order chi connectivity index (χ0) is 13.9. The van der Waals surface area contributed by atoms with E-state index < -0.39 is 0 Å². The molecule has 0 aliphatic rings. The molecule has 3 aromatic rings. The van der Waals surface area contributed by atoms with Gasteiger partial charge in [-0.05, 0) is 12.1 Å². The zero-order valence-corrected chi connectivity index (χ0v) is 11.4. The smallest absolute Gasteiger partial charge is 0.286 e. The lowest BCUT2D eigenvalue weighted by atomic mass is 10.2. The van der Waals surface area contributed by atoms with Gasteiger partial charge in [0, 0.05) is 12.4 Å². The summed E-state index contributed by atoms with van der Waals surface area (Å²) in [5.74, 6) is -0.291. The van der Waals surface area contributed by atoms with Crippen LogP contribution in [0.5, 0.6) is 0 Å². The fourth-order valence-corrected chi connectivity index (χ4v) is 2.33. The molecule has 0 saturated heterocycles. The molecule has 2 aromatic heterocycles. The Bertz CT molecular complexity index is 770. The van der Waals surface area contributed by atoms with Crippen LogP contribution in [0.25, 0.3) is 10.9 Å². The number of nitrogens with zero attached hydrogens (tertiary/aromatic N) is 3. The van der Waals surface area contributed by atoms with Crippen LogP contribution in [-0.4, -0.2) is 28.1 Å². The highest BCUT2D eigenvalue weighted by molar-refractivity contribution is 7.17. The van der Waals surface area contributed by atoms with E-state index in [-0.39, 0.29) is 5.91 Å². The molecule has 0 radical (unpaired) electrons. The second-order valence-corrected chi connectivity index (χ2v) is 5.01. The fraction of sp³-hybridized carbons (Fsp3) is 0.0769. The van der Waals surface area contributed by atoms with Gasteiger partial charge in [-0.1, -0.05) is 29.5 Å². The van der Waals surface area contributed by atoms with Gasteiger partial charge in [0.2, 0.25) is 10.1 Å². The molecule has 0 atom stereocenters. The highest BCUT2D eigenvalue weighted by Gasteiger charge is 2.12. The van der Waals surface area contributed by atoms with Crippen molar-refractivity contribution in [3.8, 4) is 0 Å². The van der Waals surface area contributed by atoms with Crippen LogP contribution in [0.15, 0.2) is 36.5 Å².